The summed E-state index contributed by atoms with van der Waals surface area (Å²) in [6, 6.07) is 0.285. The smallest absolute Gasteiger partial charge is 0.244 e. The molecule has 1 saturated heterocycles. The molecule has 0 aromatic carbocycles. The molecular weight excluding hydrogens is 188 g/mol. The Balaban J connectivity index is 2.19. The second kappa shape index (κ2) is 2.97. The number of amides is 1. The fourth-order valence-electron chi connectivity index (χ4n) is 2.37. The van der Waals surface area contributed by atoms with Crippen LogP contribution in [0.3, 0.4) is 0 Å². The summed E-state index contributed by atoms with van der Waals surface area (Å²) < 4.78 is 0. The van der Waals surface area contributed by atoms with Gasteiger partial charge >= 0.3 is 0 Å². The molecular formula is C12H22N2O. The van der Waals surface area contributed by atoms with E-state index in [0.717, 1.165) is 12.8 Å². The lowest BCUT2D eigenvalue weighted by Gasteiger charge is -2.37. The van der Waals surface area contributed by atoms with Crippen molar-refractivity contribution in [2.24, 2.45) is 5.41 Å². The SMILES string of the molecule is CC1NC2(CC2)C(=O)N1C(C)C(C)(C)C. The largest absolute Gasteiger partial charge is 0.323 e. The predicted molar refractivity (Wildman–Crippen MR) is 60.3 cm³/mol. The van der Waals surface area contributed by atoms with Gasteiger partial charge in [0.05, 0.1) is 11.7 Å². The van der Waals surface area contributed by atoms with Crippen LogP contribution in [0.5, 0.6) is 0 Å². The van der Waals surface area contributed by atoms with Crippen LogP contribution in [0.15, 0.2) is 0 Å². The fourth-order valence-corrected chi connectivity index (χ4v) is 2.37. The maximum atomic E-state index is 12.3. The monoisotopic (exact) mass is 210 g/mol. The molecule has 2 aliphatic rings. The molecule has 1 aliphatic carbocycles. The number of carbonyl (C=O) groups is 1. The molecule has 3 nitrogen and oxygen atoms in total. The van der Waals surface area contributed by atoms with Crippen molar-refractivity contribution in [3.63, 3.8) is 0 Å². The number of hydrogen-bond donors (Lipinski definition) is 1. The van der Waals surface area contributed by atoms with Crippen LogP contribution in [0.2, 0.25) is 0 Å². The Morgan fingerprint density at radius 2 is 2.00 bits per heavy atom. The summed E-state index contributed by atoms with van der Waals surface area (Å²) in [6.07, 6.45) is 2.22. The van der Waals surface area contributed by atoms with E-state index < -0.39 is 0 Å². The second-order valence-corrected chi connectivity index (χ2v) is 6.16. The molecule has 0 aromatic rings. The van der Waals surface area contributed by atoms with Gasteiger partial charge in [-0.25, -0.2) is 0 Å². The van der Waals surface area contributed by atoms with Gasteiger partial charge in [-0.15, -0.1) is 0 Å². The predicted octanol–water partition coefficient (Wildman–Crippen LogP) is 1.73. The lowest BCUT2D eigenvalue weighted by atomic mass is 9.86. The van der Waals surface area contributed by atoms with Gasteiger partial charge in [-0.3, -0.25) is 10.1 Å². The maximum Gasteiger partial charge on any atom is 0.244 e. The Morgan fingerprint density at radius 1 is 1.47 bits per heavy atom. The molecule has 1 aliphatic heterocycles. The molecule has 0 aromatic heterocycles. The Morgan fingerprint density at radius 3 is 2.33 bits per heavy atom. The minimum atomic E-state index is -0.168. The van der Waals surface area contributed by atoms with E-state index >= 15 is 0 Å². The summed E-state index contributed by atoms with van der Waals surface area (Å²) in [5, 5.41) is 3.43. The van der Waals surface area contributed by atoms with Crippen LogP contribution in [0, 0.1) is 5.41 Å². The molecule has 0 radical (unpaired) electrons. The van der Waals surface area contributed by atoms with Crippen LogP contribution in [-0.4, -0.2) is 28.6 Å². The zero-order chi connectivity index (χ0) is 11.4. The van der Waals surface area contributed by atoms with Gasteiger partial charge in [-0.05, 0) is 32.1 Å². The third kappa shape index (κ3) is 1.57. The van der Waals surface area contributed by atoms with Crippen LogP contribution >= 0.6 is 0 Å². The number of hydrogen-bond acceptors (Lipinski definition) is 2. The second-order valence-electron chi connectivity index (χ2n) is 6.16. The Bertz CT molecular complexity index is 288. The van der Waals surface area contributed by atoms with E-state index in [1.165, 1.54) is 0 Å². The molecule has 1 saturated carbocycles. The highest BCUT2D eigenvalue weighted by Crippen LogP contribution is 2.44. The molecule has 3 heteroatoms. The lowest BCUT2D eigenvalue weighted by molar-refractivity contribution is -0.134. The third-order valence-electron chi connectivity index (χ3n) is 3.97. The first-order chi connectivity index (χ1) is 6.78. The maximum absolute atomic E-state index is 12.3. The molecule has 2 unspecified atom stereocenters. The average molecular weight is 210 g/mol. The van der Waals surface area contributed by atoms with Crippen LogP contribution in [0.25, 0.3) is 0 Å². The molecule has 1 heterocycles. The molecule has 1 amide bonds. The molecule has 2 atom stereocenters. The first kappa shape index (κ1) is 10.9. The molecule has 0 bridgehead atoms. The van der Waals surface area contributed by atoms with Crippen molar-refractivity contribution in [1.29, 1.82) is 0 Å². The summed E-state index contributed by atoms with van der Waals surface area (Å²) >= 11 is 0. The van der Waals surface area contributed by atoms with Crippen molar-refractivity contribution in [3.8, 4) is 0 Å². The zero-order valence-electron chi connectivity index (χ0n) is 10.4. The van der Waals surface area contributed by atoms with Gasteiger partial charge in [-0.2, -0.15) is 0 Å². The zero-order valence-corrected chi connectivity index (χ0v) is 10.4. The minimum absolute atomic E-state index is 0.145. The topological polar surface area (TPSA) is 32.3 Å². The van der Waals surface area contributed by atoms with Crippen molar-refractivity contribution < 1.29 is 4.79 Å². The van der Waals surface area contributed by atoms with Crippen LogP contribution < -0.4 is 5.32 Å². The summed E-state index contributed by atoms with van der Waals surface area (Å²) in [5.41, 5.74) is -0.0229. The first-order valence-corrected chi connectivity index (χ1v) is 5.88. The van der Waals surface area contributed by atoms with Crippen LogP contribution in [-0.2, 0) is 4.79 Å². The van der Waals surface area contributed by atoms with E-state index in [-0.39, 0.29) is 23.2 Å². The number of nitrogens with zero attached hydrogens (tertiary/aromatic N) is 1. The number of rotatable bonds is 1. The van der Waals surface area contributed by atoms with Gasteiger partial charge in [-0.1, -0.05) is 20.8 Å². The van der Waals surface area contributed by atoms with Gasteiger partial charge in [0.1, 0.15) is 0 Å². The van der Waals surface area contributed by atoms with E-state index in [0.29, 0.717) is 5.91 Å². The summed E-state index contributed by atoms with van der Waals surface area (Å²) in [5.74, 6) is 0.317. The summed E-state index contributed by atoms with van der Waals surface area (Å²) in [7, 11) is 0. The van der Waals surface area contributed by atoms with E-state index in [1.807, 2.05) is 4.90 Å². The van der Waals surface area contributed by atoms with Gasteiger partial charge in [0.2, 0.25) is 5.91 Å². The Labute approximate surface area is 92.2 Å². The lowest BCUT2D eigenvalue weighted by Crippen LogP contribution is -2.47. The summed E-state index contributed by atoms with van der Waals surface area (Å²) in [4.78, 5) is 14.3. The third-order valence-corrected chi connectivity index (χ3v) is 3.97. The number of nitrogens with one attached hydrogen (secondary N) is 1. The van der Waals surface area contributed by atoms with Gasteiger partial charge < -0.3 is 4.90 Å². The van der Waals surface area contributed by atoms with E-state index in [1.54, 1.807) is 0 Å². The standard InChI is InChI=1S/C12H22N2O/c1-8(11(3,4)5)14-9(2)13-12(6-7-12)10(14)15/h8-9,13H,6-7H2,1-5H3. The van der Waals surface area contributed by atoms with E-state index in [9.17, 15) is 4.79 Å². The molecule has 2 rings (SSSR count). The van der Waals surface area contributed by atoms with Crippen molar-refractivity contribution in [2.45, 2.75) is 65.2 Å². The Kier molecular flexibility index (Phi) is 2.16. The van der Waals surface area contributed by atoms with E-state index in [2.05, 4.69) is 39.9 Å². The molecule has 2 fully saturated rings. The van der Waals surface area contributed by atoms with Crippen molar-refractivity contribution >= 4 is 5.91 Å². The first-order valence-electron chi connectivity index (χ1n) is 5.88. The highest BCUT2D eigenvalue weighted by atomic mass is 16.2. The quantitative estimate of drug-likeness (QED) is 0.715. The molecule has 1 N–H and O–H groups in total. The van der Waals surface area contributed by atoms with Crippen molar-refractivity contribution in [1.82, 2.24) is 10.2 Å². The normalized spacial score (nSPS) is 31.1. The van der Waals surface area contributed by atoms with Crippen molar-refractivity contribution in [3.05, 3.63) is 0 Å². The minimum Gasteiger partial charge on any atom is -0.323 e. The molecule has 86 valence electrons. The highest BCUT2D eigenvalue weighted by molar-refractivity contribution is 5.92. The molecule has 15 heavy (non-hydrogen) atoms. The molecule has 1 spiro atoms. The van der Waals surface area contributed by atoms with Crippen LogP contribution in [0.1, 0.15) is 47.5 Å². The van der Waals surface area contributed by atoms with E-state index in [4.69, 9.17) is 0 Å². The van der Waals surface area contributed by atoms with Gasteiger partial charge in [0, 0.05) is 6.04 Å². The Hall–Kier alpha value is -0.570. The van der Waals surface area contributed by atoms with Crippen molar-refractivity contribution in [2.75, 3.05) is 0 Å². The highest BCUT2D eigenvalue weighted by Gasteiger charge is 2.59. The summed E-state index contributed by atoms with van der Waals surface area (Å²) in [6.45, 7) is 10.8. The number of carbonyl (C=O) groups excluding carboxylic acids is 1. The van der Waals surface area contributed by atoms with Gasteiger partial charge in [0.25, 0.3) is 0 Å². The average Bonchev–Trinajstić information content (AvgIpc) is 2.78. The fraction of sp³-hybridized carbons (Fsp3) is 0.917. The van der Waals surface area contributed by atoms with Gasteiger partial charge in [0.15, 0.2) is 0 Å². The van der Waals surface area contributed by atoms with Crippen LogP contribution in [0.4, 0.5) is 0 Å².